The molecular formula is C16H19N5O2. The molecule has 1 unspecified atom stereocenters. The van der Waals surface area contributed by atoms with Gasteiger partial charge in [-0.3, -0.25) is 14.8 Å². The van der Waals surface area contributed by atoms with Crippen molar-refractivity contribution in [2.45, 2.75) is 26.3 Å². The summed E-state index contributed by atoms with van der Waals surface area (Å²) in [5, 5.41) is 12.6. The van der Waals surface area contributed by atoms with Gasteiger partial charge in [0.2, 0.25) is 5.91 Å². The summed E-state index contributed by atoms with van der Waals surface area (Å²) >= 11 is 0. The number of anilines is 2. The highest BCUT2D eigenvalue weighted by Gasteiger charge is 2.19. The zero-order valence-electron chi connectivity index (χ0n) is 13.3. The second-order valence-corrected chi connectivity index (χ2v) is 5.76. The number of fused-ring (bicyclic) bond motifs is 1. The molecule has 1 aliphatic rings. The Hall–Kier alpha value is -2.83. The summed E-state index contributed by atoms with van der Waals surface area (Å²) in [7, 11) is 1.77. The van der Waals surface area contributed by atoms with Crippen LogP contribution in [0.5, 0.6) is 0 Å². The number of amides is 3. The molecule has 3 N–H and O–H groups in total. The average molecular weight is 313 g/mol. The second kappa shape index (κ2) is 5.75. The summed E-state index contributed by atoms with van der Waals surface area (Å²) in [6, 6.07) is 7.06. The summed E-state index contributed by atoms with van der Waals surface area (Å²) in [4.78, 5) is 23.5. The largest absolute Gasteiger partial charge is 0.331 e. The molecule has 0 fully saturated rings. The normalized spacial score (nSPS) is 14.1. The summed E-state index contributed by atoms with van der Waals surface area (Å²) in [5.41, 5.74) is 3.60. The van der Waals surface area contributed by atoms with E-state index in [0.717, 1.165) is 22.5 Å². The molecule has 3 amide bonds. The third-order valence-corrected chi connectivity index (χ3v) is 3.85. The van der Waals surface area contributed by atoms with Crippen molar-refractivity contribution < 1.29 is 9.59 Å². The molecule has 0 bridgehead atoms. The number of carbonyl (C=O) groups is 2. The third-order valence-electron chi connectivity index (χ3n) is 3.85. The van der Waals surface area contributed by atoms with E-state index < -0.39 is 0 Å². The van der Waals surface area contributed by atoms with E-state index in [1.807, 2.05) is 32.0 Å². The first-order valence-electron chi connectivity index (χ1n) is 7.43. The van der Waals surface area contributed by atoms with Crippen LogP contribution in [0.2, 0.25) is 0 Å². The molecule has 0 saturated carbocycles. The fraction of sp³-hybridized carbons (Fsp3) is 0.312. The number of hydrogen-bond donors (Lipinski definition) is 3. The number of aryl methyl sites for hydroxylation is 2. The summed E-state index contributed by atoms with van der Waals surface area (Å²) in [6.07, 6.45) is 0.385. The molecule has 23 heavy (non-hydrogen) atoms. The van der Waals surface area contributed by atoms with E-state index in [2.05, 4.69) is 21.0 Å². The molecule has 0 radical (unpaired) electrons. The molecule has 1 aliphatic heterocycles. The van der Waals surface area contributed by atoms with Crippen LogP contribution in [-0.4, -0.2) is 21.7 Å². The zero-order chi connectivity index (χ0) is 16.6. The Kier molecular flexibility index (Phi) is 3.77. The van der Waals surface area contributed by atoms with Gasteiger partial charge in [-0.1, -0.05) is 12.1 Å². The van der Waals surface area contributed by atoms with Gasteiger partial charge in [0.25, 0.3) is 0 Å². The molecule has 0 saturated heterocycles. The van der Waals surface area contributed by atoms with Crippen LogP contribution in [0.4, 0.5) is 16.3 Å². The second-order valence-electron chi connectivity index (χ2n) is 5.76. The molecule has 1 aromatic carbocycles. The van der Waals surface area contributed by atoms with Crippen molar-refractivity contribution in [3.05, 3.63) is 41.1 Å². The summed E-state index contributed by atoms with van der Waals surface area (Å²) < 4.78 is 1.62. The first kappa shape index (κ1) is 15.1. The fourth-order valence-corrected chi connectivity index (χ4v) is 2.68. The minimum Gasteiger partial charge on any atom is -0.331 e. The van der Waals surface area contributed by atoms with Crippen molar-refractivity contribution in [2.24, 2.45) is 7.05 Å². The summed E-state index contributed by atoms with van der Waals surface area (Å²) in [5.74, 6) is 0.637. The van der Waals surface area contributed by atoms with E-state index in [-0.39, 0.29) is 18.0 Å². The molecule has 7 nitrogen and oxygen atoms in total. The lowest BCUT2D eigenvalue weighted by Crippen LogP contribution is -2.31. The number of benzene rings is 1. The maximum atomic E-state index is 12.1. The van der Waals surface area contributed by atoms with E-state index in [1.54, 1.807) is 17.8 Å². The van der Waals surface area contributed by atoms with Crippen LogP contribution in [0, 0.1) is 6.92 Å². The number of aromatic nitrogens is 2. The third kappa shape index (κ3) is 3.18. The molecular weight excluding hydrogens is 294 g/mol. The number of rotatable bonds is 3. The van der Waals surface area contributed by atoms with Gasteiger partial charge < -0.3 is 10.6 Å². The van der Waals surface area contributed by atoms with E-state index in [4.69, 9.17) is 0 Å². The maximum absolute atomic E-state index is 12.1. The van der Waals surface area contributed by atoms with Gasteiger partial charge in [0, 0.05) is 18.8 Å². The van der Waals surface area contributed by atoms with Crippen LogP contribution in [0.1, 0.15) is 29.8 Å². The van der Waals surface area contributed by atoms with Gasteiger partial charge in [-0.15, -0.1) is 0 Å². The fourth-order valence-electron chi connectivity index (χ4n) is 2.68. The van der Waals surface area contributed by atoms with Crippen molar-refractivity contribution in [1.82, 2.24) is 15.1 Å². The van der Waals surface area contributed by atoms with Crippen LogP contribution in [-0.2, 0) is 18.3 Å². The number of carbonyl (C=O) groups excluding carboxylic acids is 2. The maximum Gasteiger partial charge on any atom is 0.320 e. The van der Waals surface area contributed by atoms with E-state index in [0.29, 0.717) is 12.2 Å². The Labute approximate surface area is 134 Å². The topological polar surface area (TPSA) is 88.0 Å². The van der Waals surface area contributed by atoms with Crippen LogP contribution >= 0.6 is 0 Å². The van der Waals surface area contributed by atoms with Gasteiger partial charge in [-0.25, -0.2) is 4.79 Å². The van der Waals surface area contributed by atoms with Gasteiger partial charge in [-0.2, -0.15) is 5.10 Å². The average Bonchev–Trinajstić information content (AvgIpc) is 2.99. The Balaban J connectivity index is 1.66. The van der Waals surface area contributed by atoms with Crippen molar-refractivity contribution in [1.29, 1.82) is 0 Å². The Morgan fingerprint density at radius 3 is 2.87 bits per heavy atom. The highest BCUT2D eigenvalue weighted by atomic mass is 16.2. The monoisotopic (exact) mass is 313 g/mol. The SMILES string of the molecule is Cc1cc(NC(=O)NC(C)c2ccc3c(c2)CC(=O)N3)n(C)n1. The standard InChI is InChI=1S/C16H19N5O2/c1-9-6-14(21(3)20-9)19-16(23)17-10(2)11-4-5-13-12(7-11)8-15(22)18-13/h4-7,10H,8H2,1-3H3,(H,18,22)(H2,17,19,23). The number of hydrogen-bond acceptors (Lipinski definition) is 3. The van der Waals surface area contributed by atoms with Crippen LogP contribution in [0.15, 0.2) is 24.3 Å². The first-order valence-corrected chi connectivity index (χ1v) is 7.43. The predicted octanol–water partition coefficient (Wildman–Crippen LogP) is 2.11. The van der Waals surface area contributed by atoms with Gasteiger partial charge in [-0.05, 0) is 31.0 Å². The number of nitrogens with one attached hydrogen (secondary N) is 3. The lowest BCUT2D eigenvalue weighted by Gasteiger charge is -2.16. The highest BCUT2D eigenvalue weighted by Crippen LogP contribution is 2.26. The lowest BCUT2D eigenvalue weighted by molar-refractivity contribution is -0.115. The van der Waals surface area contributed by atoms with Gasteiger partial charge in [0.15, 0.2) is 0 Å². The van der Waals surface area contributed by atoms with Crippen LogP contribution in [0.3, 0.4) is 0 Å². The molecule has 1 aromatic heterocycles. The van der Waals surface area contributed by atoms with Crippen molar-refractivity contribution in [2.75, 3.05) is 10.6 Å². The zero-order valence-corrected chi connectivity index (χ0v) is 13.3. The van der Waals surface area contributed by atoms with Crippen LogP contribution < -0.4 is 16.0 Å². The van der Waals surface area contributed by atoms with Crippen molar-refractivity contribution in [3.63, 3.8) is 0 Å². The molecule has 0 spiro atoms. The molecule has 0 aliphatic carbocycles. The van der Waals surface area contributed by atoms with E-state index in [1.165, 1.54) is 0 Å². The van der Waals surface area contributed by atoms with E-state index in [9.17, 15) is 9.59 Å². The predicted molar refractivity (Wildman–Crippen MR) is 87.3 cm³/mol. The Morgan fingerprint density at radius 2 is 2.17 bits per heavy atom. The Bertz CT molecular complexity index is 781. The molecule has 1 atom stereocenters. The van der Waals surface area contributed by atoms with Crippen LogP contribution in [0.25, 0.3) is 0 Å². The van der Waals surface area contributed by atoms with Crippen molar-refractivity contribution >= 4 is 23.4 Å². The number of urea groups is 1. The van der Waals surface area contributed by atoms with Gasteiger partial charge in [0.1, 0.15) is 5.82 Å². The number of nitrogens with zero attached hydrogens (tertiary/aromatic N) is 2. The minimum absolute atomic E-state index is 0.00193. The summed E-state index contributed by atoms with van der Waals surface area (Å²) in [6.45, 7) is 3.77. The van der Waals surface area contributed by atoms with E-state index >= 15 is 0 Å². The smallest absolute Gasteiger partial charge is 0.320 e. The molecule has 2 heterocycles. The Morgan fingerprint density at radius 1 is 1.39 bits per heavy atom. The molecule has 7 heteroatoms. The minimum atomic E-state index is -0.296. The molecule has 3 rings (SSSR count). The van der Waals surface area contributed by atoms with Gasteiger partial charge in [0.05, 0.1) is 18.2 Å². The molecule has 2 aromatic rings. The first-order chi connectivity index (χ1) is 10.9. The van der Waals surface area contributed by atoms with Crippen molar-refractivity contribution in [3.8, 4) is 0 Å². The molecule has 120 valence electrons. The quantitative estimate of drug-likeness (QED) is 0.811. The van der Waals surface area contributed by atoms with Gasteiger partial charge >= 0.3 is 6.03 Å². The lowest BCUT2D eigenvalue weighted by atomic mass is 10.0. The highest BCUT2D eigenvalue weighted by molar-refractivity contribution is 5.99.